The molecule has 0 aliphatic carbocycles. The number of hydrogen-bond donors (Lipinski definition) is 1. The Bertz CT molecular complexity index is 411. The number of aryl methyl sites for hydroxylation is 1. The van der Waals surface area contributed by atoms with E-state index in [4.69, 9.17) is 4.74 Å². The quantitative estimate of drug-likeness (QED) is 0.897. The van der Waals surface area contributed by atoms with Crippen LogP contribution >= 0.6 is 0 Å². The van der Waals surface area contributed by atoms with E-state index in [1.165, 1.54) is 11.4 Å². The van der Waals surface area contributed by atoms with E-state index in [1.807, 2.05) is 0 Å². The molecule has 0 aromatic carbocycles. The highest BCUT2D eigenvalue weighted by Crippen LogP contribution is 2.26. The van der Waals surface area contributed by atoms with Crippen LogP contribution in [0.5, 0.6) is 0 Å². The summed E-state index contributed by atoms with van der Waals surface area (Å²) in [6.07, 6.45) is 2.51. The van der Waals surface area contributed by atoms with Crippen LogP contribution in [0.2, 0.25) is 0 Å². The van der Waals surface area contributed by atoms with Gasteiger partial charge in [-0.3, -0.25) is 4.68 Å². The summed E-state index contributed by atoms with van der Waals surface area (Å²) in [5.74, 6) is 0. The van der Waals surface area contributed by atoms with Crippen LogP contribution in [0.3, 0.4) is 0 Å². The second kappa shape index (κ2) is 5.31. The zero-order valence-electron chi connectivity index (χ0n) is 12.2. The summed E-state index contributed by atoms with van der Waals surface area (Å²) in [7, 11) is 0. The standard InChI is InChI=1S/C14H25N3O/c1-9(2)17-12(5)14(11(4)16-17)15-13-6-7-18-10(3)8-13/h9-10,13,15H,6-8H2,1-5H3. The third-order valence-corrected chi connectivity index (χ3v) is 3.65. The normalized spacial score (nSPS) is 24.6. The predicted molar refractivity (Wildman–Crippen MR) is 74.1 cm³/mol. The number of nitrogens with zero attached hydrogens (tertiary/aromatic N) is 2. The van der Waals surface area contributed by atoms with Gasteiger partial charge in [0.2, 0.25) is 0 Å². The largest absolute Gasteiger partial charge is 0.379 e. The van der Waals surface area contributed by atoms with Gasteiger partial charge < -0.3 is 10.1 Å². The van der Waals surface area contributed by atoms with Crippen LogP contribution in [0.4, 0.5) is 5.69 Å². The van der Waals surface area contributed by atoms with Crippen LogP contribution in [0, 0.1) is 13.8 Å². The molecule has 1 fully saturated rings. The van der Waals surface area contributed by atoms with Crippen LogP contribution in [0.1, 0.15) is 51.0 Å². The first-order valence-electron chi connectivity index (χ1n) is 6.93. The van der Waals surface area contributed by atoms with Crippen molar-refractivity contribution in [1.82, 2.24) is 9.78 Å². The summed E-state index contributed by atoms with van der Waals surface area (Å²) >= 11 is 0. The molecule has 1 aromatic heterocycles. The summed E-state index contributed by atoms with van der Waals surface area (Å²) in [5.41, 5.74) is 3.55. The number of rotatable bonds is 3. The van der Waals surface area contributed by atoms with Gasteiger partial charge in [0.15, 0.2) is 0 Å². The summed E-state index contributed by atoms with van der Waals surface area (Å²) in [6.45, 7) is 11.6. The minimum atomic E-state index is 0.358. The second-order valence-corrected chi connectivity index (χ2v) is 5.63. The molecule has 0 spiro atoms. The fourth-order valence-electron chi connectivity index (χ4n) is 2.71. The first kappa shape index (κ1) is 13.4. The zero-order chi connectivity index (χ0) is 13.3. The van der Waals surface area contributed by atoms with Gasteiger partial charge in [-0.15, -0.1) is 0 Å². The monoisotopic (exact) mass is 251 g/mol. The molecule has 1 aliphatic heterocycles. The molecule has 0 bridgehead atoms. The van der Waals surface area contributed by atoms with Crippen molar-refractivity contribution in [3.63, 3.8) is 0 Å². The minimum absolute atomic E-state index is 0.358. The number of aromatic nitrogens is 2. The predicted octanol–water partition coefficient (Wildman–Crippen LogP) is 3.06. The summed E-state index contributed by atoms with van der Waals surface area (Å²) in [5, 5.41) is 8.28. The topological polar surface area (TPSA) is 39.1 Å². The summed E-state index contributed by atoms with van der Waals surface area (Å²) in [4.78, 5) is 0. The highest BCUT2D eigenvalue weighted by Gasteiger charge is 2.22. The van der Waals surface area contributed by atoms with Gasteiger partial charge in [-0.05, 0) is 47.5 Å². The van der Waals surface area contributed by atoms with E-state index in [1.54, 1.807) is 0 Å². The SMILES string of the molecule is Cc1nn(C(C)C)c(C)c1NC1CCOC(C)C1. The van der Waals surface area contributed by atoms with Crippen LogP contribution < -0.4 is 5.32 Å². The summed E-state index contributed by atoms with van der Waals surface area (Å²) in [6, 6.07) is 0.920. The fourth-order valence-corrected chi connectivity index (χ4v) is 2.71. The lowest BCUT2D eigenvalue weighted by Gasteiger charge is -2.28. The molecule has 1 aromatic rings. The Balaban J connectivity index is 2.13. The maximum absolute atomic E-state index is 5.59. The van der Waals surface area contributed by atoms with Crippen molar-refractivity contribution in [2.45, 2.75) is 65.6 Å². The Hall–Kier alpha value is -1.03. The van der Waals surface area contributed by atoms with Gasteiger partial charge in [-0.25, -0.2) is 0 Å². The van der Waals surface area contributed by atoms with E-state index < -0.39 is 0 Å². The van der Waals surface area contributed by atoms with E-state index in [2.05, 4.69) is 49.7 Å². The molecule has 102 valence electrons. The lowest BCUT2D eigenvalue weighted by molar-refractivity contribution is 0.0232. The lowest BCUT2D eigenvalue weighted by Crippen LogP contribution is -2.32. The third-order valence-electron chi connectivity index (χ3n) is 3.65. The Labute approximate surface area is 110 Å². The van der Waals surface area contributed by atoms with Gasteiger partial charge in [0.05, 0.1) is 23.2 Å². The van der Waals surface area contributed by atoms with E-state index in [0.717, 1.165) is 25.1 Å². The van der Waals surface area contributed by atoms with E-state index in [0.29, 0.717) is 18.2 Å². The Morgan fingerprint density at radius 3 is 2.67 bits per heavy atom. The van der Waals surface area contributed by atoms with Gasteiger partial charge in [-0.1, -0.05) is 0 Å². The molecule has 1 saturated heterocycles. The summed E-state index contributed by atoms with van der Waals surface area (Å²) < 4.78 is 7.69. The van der Waals surface area contributed by atoms with E-state index in [9.17, 15) is 0 Å². The zero-order valence-corrected chi connectivity index (χ0v) is 12.2. The molecule has 2 unspecified atom stereocenters. The van der Waals surface area contributed by atoms with Gasteiger partial charge in [0, 0.05) is 18.7 Å². The number of anilines is 1. The minimum Gasteiger partial charge on any atom is -0.379 e. The number of ether oxygens (including phenoxy) is 1. The van der Waals surface area contributed by atoms with Crippen molar-refractivity contribution in [1.29, 1.82) is 0 Å². The second-order valence-electron chi connectivity index (χ2n) is 5.63. The van der Waals surface area contributed by atoms with Crippen LogP contribution in [-0.2, 0) is 4.74 Å². The van der Waals surface area contributed by atoms with Crippen molar-refractivity contribution in [2.24, 2.45) is 0 Å². The van der Waals surface area contributed by atoms with Crippen molar-refractivity contribution < 1.29 is 4.74 Å². The first-order valence-corrected chi connectivity index (χ1v) is 6.93. The van der Waals surface area contributed by atoms with Crippen LogP contribution in [-0.4, -0.2) is 28.5 Å². The Morgan fingerprint density at radius 1 is 1.39 bits per heavy atom. The Kier molecular flexibility index (Phi) is 3.95. The molecular formula is C14H25N3O. The van der Waals surface area contributed by atoms with Crippen molar-refractivity contribution in [3.05, 3.63) is 11.4 Å². The molecular weight excluding hydrogens is 226 g/mol. The molecule has 0 amide bonds. The highest BCUT2D eigenvalue weighted by atomic mass is 16.5. The average molecular weight is 251 g/mol. The molecule has 0 radical (unpaired) electrons. The van der Waals surface area contributed by atoms with Crippen LogP contribution in [0.25, 0.3) is 0 Å². The van der Waals surface area contributed by atoms with Crippen molar-refractivity contribution in [3.8, 4) is 0 Å². The first-order chi connectivity index (χ1) is 8.49. The molecule has 1 aliphatic rings. The molecule has 2 atom stereocenters. The van der Waals surface area contributed by atoms with Gasteiger partial charge in [-0.2, -0.15) is 5.10 Å². The number of nitrogens with one attached hydrogen (secondary N) is 1. The molecule has 4 heteroatoms. The smallest absolute Gasteiger partial charge is 0.0828 e. The van der Waals surface area contributed by atoms with Gasteiger partial charge in [0.1, 0.15) is 0 Å². The lowest BCUT2D eigenvalue weighted by atomic mass is 10.0. The fraction of sp³-hybridized carbons (Fsp3) is 0.786. The van der Waals surface area contributed by atoms with Gasteiger partial charge >= 0.3 is 0 Å². The molecule has 1 N–H and O–H groups in total. The maximum atomic E-state index is 5.59. The van der Waals surface area contributed by atoms with E-state index in [-0.39, 0.29) is 0 Å². The maximum Gasteiger partial charge on any atom is 0.0828 e. The molecule has 4 nitrogen and oxygen atoms in total. The average Bonchev–Trinajstić information content (AvgIpc) is 2.57. The third kappa shape index (κ3) is 2.69. The highest BCUT2D eigenvalue weighted by molar-refractivity contribution is 5.53. The van der Waals surface area contributed by atoms with E-state index >= 15 is 0 Å². The molecule has 2 rings (SSSR count). The van der Waals surface area contributed by atoms with Crippen molar-refractivity contribution >= 4 is 5.69 Å². The Morgan fingerprint density at radius 2 is 2.11 bits per heavy atom. The molecule has 0 saturated carbocycles. The molecule has 18 heavy (non-hydrogen) atoms. The van der Waals surface area contributed by atoms with Crippen molar-refractivity contribution in [2.75, 3.05) is 11.9 Å². The molecule has 2 heterocycles. The number of hydrogen-bond acceptors (Lipinski definition) is 3. The van der Waals surface area contributed by atoms with Crippen LogP contribution in [0.15, 0.2) is 0 Å². The van der Waals surface area contributed by atoms with Gasteiger partial charge in [0.25, 0.3) is 0 Å².